The molecule has 0 spiro atoms. The smallest absolute Gasteiger partial charge is 0.296 e. The van der Waals surface area contributed by atoms with Crippen LogP contribution in [-0.4, -0.2) is 10.4 Å². The van der Waals surface area contributed by atoms with E-state index in [2.05, 4.69) is 0 Å². The first kappa shape index (κ1) is 13.3. The van der Waals surface area contributed by atoms with Crippen LogP contribution in [0.5, 0.6) is 0 Å². The zero-order valence-corrected chi connectivity index (χ0v) is 11.8. The summed E-state index contributed by atoms with van der Waals surface area (Å²) >= 11 is 12.8. The molecule has 0 fully saturated rings. The van der Waals surface area contributed by atoms with E-state index in [9.17, 15) is 9.59 Å². The van der Waals surface area contributed by atoms with Crippen molar-refractivity contribution in [3.63, 3.8) is 0 Å². The Morgan fingerprint density at radius 2 is 2.11 bits per heavy atom. The van der Waals surface area contributed by atoms with Gasteiger partial charge in [0.25, 0.3) is 0 Å². The van der Waals surface area contributed by atoms with Gasteiger partial charge in [-0.2, -0.15) is 0 Å². The molecule has 2 aromatic rings. The third-order valence-electron chi connectivity index (χ3n) is 2.51. The normalized spacial score (nSPS) is 10.6. The lowest BCUT2D eigenvalue weighted by Gasteiger charge is -2.06. The van der Waals surface area contributed by atoms with Crippen molar-refractivity contribution in [2.45, 2.75) is 13.5 Å². The summed E-state index contributed by atoms with van der Waals surface area (Å²) in [4.78, 5) is 23.5. The van der Waals surface area contributed by atoms with Crippen molar-refractivity contribution in [2.24, 2.45) is 0 Å². The highest BCUT2D eigenvalue weighted by Crippen LogP contribution is 2.21. The van der Waals surface area contributed by atoms with Crippen molar-refractivity contribution < 1.29 is 4.79 Å². The van der Waals surface area contributed by atoms with E-state index in [0.717, 1.165) is 17.0 Å². The van der Waals surface area contributed by atoms with E-state index in [-0.39, 0.29) is 17.2 Å². The van der Waals surface area contributed by atoms with Crippen LogP contribution in [0.25, 0.3) is 0 Å². The van der Waals surface area contributed by atoms with Crippen molar-refractivity contribution >= 4 is 40.3 Å². The van der Waals surface area contributed by atoms with Crippen molar-refractivity contribution in [2.75, 3.05) is 0 Å². The first-order valence-corrected chi connectivity index (χ1v) is 6.76. The number of nitrogens with zero attached hydrogens (tertiary/aromatic N) is 1. The van der Waals surface area contributed by atoms with Gasteiger partial charge in [-0.25, -0.2) is 0 Å². The fourth-order valence-electron chi connectivity index (χ4n) is 1.54. The third kappa shape index (κ3) is 2.66. The molecular weight excluding hydrogens is 293 g/mol. The van der Waals surface area contributed by atoms with Crippen LogP contribution >= 0.6 is 34.5 Å². The Morgan fingerprint density at radius 3 is 2.72 bits per heavy atom. The number of thiazole rings is 1. The largest absolute Gasteiger partial charge is 0.307 e. The summed E-state index contributed by atoms with van der Waals surface area (Å²) in [5, 5.41) is 2.50. The Kier molecular flexibility index (Phi) is 3.90. The number of aryl methyl sites for hydroxylation is 1. The highest BCUT2D eigenvalue weighted by molar-refractivity contribution is 7.07. The summed E-state index contributed by atoms with van der Waals surface area (Å²) in [6.07, 6.45) is 0. The van der Waals surface area contributed by atoms with Crippen LogP contribution in [0.3, 0.4) is 0 Å². The third-order valence-corrected chi connectivity index (χ3v) is 3.95. The molecule has 0 aliphatic heterocycles. The lowest BCUT2D eigenvalue weighted by atomic mass is 10.1. The lowest BCUT2D eigenvalue weighted by molar-refractivity contribution is 0.0971. The second-order valence-corrected chi connectivity index (χ2v) is 5.44. The molecule has 1 aromatic carbocycles. The number of aromatic nitrogens is 1. The molecule has 0 radical (unpaired) electrons. The van der Waals surface area contributed by atoms with Gasteiger partial charge in [-0.05, 0) is 25.1 Å². The minimum Gasteiger partial charge on any atom is -0.296 e. The fraction of sp³-hybridized carbons (Fsp3) is 0.167. The second kappa shape index (κ2) is 5.26. The van der Waals surface area contributed by atoms with E-state index in [1.807, 2.05) is 0 Å². The molecule has 0 saturated carbocycles. The summed E-state index contributed by atoms with van der Waals surface area (Å²) in [5.41, 5.74) is 1.10. The number of rotatable bonds is 3. The molecule has 18 heavy (non-hydrogen) atoms. The van der Waals surface area contributed by atoms with E-state index in [1.54, 1.807) is 24.4 Å². The summed E-state index contributed by atoms with van der Waals surface area (Å²) in [6.45, 7) is 1.76. The molecule has 1 aromatic heterocycles. The number of halogens is 2. The van der Waals surface area contributed by atoms with Crippen LogP contribution < -0.4 is 4.87 Å². The Bertz CT molecular complexity index is 660. The lowest BCUT2D eigenvalue weighted by Crippen LogP contribution is -2.20. The monoisotopic (exact) mass is 301 g/mol. The molecule has 0 unspecified atom stereocenters. The molecule has 0 amide bonds. The van der Waals surface area contributed by atoms with Gasteiger partial charge < -0.3 is 0 Å². The molecule has 94 valence electrons. The number of Topliss-reactive ketones (excluding diaryl/α,β-unsaturated/α-hetero) is 1. The number of hydrogen-bond acceptors (Lipinski definition) is 3. The van der Waals surface area contributed by atoms with E-state index >= 15 is 0 Å². The standard InChI is InChI=1S/C12H9Cl2NO2S/c1-7-6-18-12(17)15(7)5-11(16)9-4-8(13)2-3-10(9)14/h2-4,6H,5H2,1H3. The van der Waals surface area contributed by atoms with Crippen LogP contribution in [-0.2, 0) is 6.54 Å². The van der Waals surface area contributed by atoms with E-state index in [1.165, 1.54) is 10.6 Å². The Hall–Kier alpha value is -1.10. The molecule has 0 saturated heterocycles. The maximum atomic E-state index is 12.1. The van der Waals surface area contributed by atoms with Gasteiger partial charge in [-0.3, -0.25) is 14.2 Å². The second-order valence-electron chi connectivity index (χ2n) is 3.78. The van der Waals surface area contributed by atoms with Gasteiger partial charge in [0.1, 0.15) is 0 Å². The van der Waals surface area contributed by atoms with E-state index < -0.39 is 0 Å². The summed E-state index contributed by atoms with van der Waals surface area (Å²) < 4.78 is 1.42. The summed E-state index contributed by atoms with van der Waals surface area (Å²) in [6, 6.07) is 4.70. The first-order chi connectivity index (χ1) is 8.49. The van der Waals surface area contributed by atoms with Gasteiger partial charge in [0, 0.05) is 21.7 Å². The van der Waals surface area contributed by atoms with Crippen molar-refractivity contribution in [3.05, 3.63) is 54.5 Å². The predicted molar refractivity (Wildman–Crippen MR) is 74.1 cm³/mol. The number of benzene rings is 1. The molecule has 2 rings (SSSR count). The van der Waals surface area contributed by atoms with Gasteiger partial charge in [0.2, 0.25) is 0 Å². The van der Waals surface area contributed by atoms with Gasteiger partial charge in [0.15, 0.2) is 5.78 Å². The Morgan fingerprint density at radius 1 is 1.39 bits per heavy atom. The molecule has 3 nitrogen and oxygen atoms in total. The first-order valence-electron chi connectivity index (χ1n) is 5.12. The molecule has 0 N–H and O–H groups in total. The van der Waals surface area contributed by atoms with Gasteiger partial charge in [-0.1, -0.05) is 34.5 Å². The average molecular weight is 302 g/mol. The number of carbonyl (C=O) groups is 1. The summed E-state index contributed by atoms with van der Waals surface area (Å²) in [5.74, 6) is -0.230. The molecule has 0 atom stereocenters. The van der Waals surface area contributed by atoms with E-state index in [0.29, 0.717) is 15.6 Å². The SMILES string of the molecule is Cc1csc(=O)n1CC(=O)c1cc(Cl)ccc1Cl. The zero-order chi connectivity index (χ0) is 13.3. The molecule has 0 aliphatic rings. The van der Waals surface area contributed by atoms with Crippen LogP contribution in [0.1, 0.15) is 16.1 Å². The molecule has 0 aliphatic carbocycles. The minimum atomic E-state index is -0.230. The number of ketones is 1. The highest BCUT2D eigenvalue weighted by atomic mass is 35.5. The van der Waals surface area contributed by atoms with Crippen molar-refractivity contribution in [3.8, 4) is 0 Å². The van der Waals surface area contributed by atoms with Crippen LogP contribution in [0.15, 0.2) is 28.4 Å². The minimum absolute atomic E-state index is 0.0196. The topological polar surface area (TPSA) is 39.1 Å². The zero-order valence-electron chi connectivity index (χ0n) is 9.44. The fourth-order valence-corrected chi connectivity index (χ4v) is 2.67. The van der Waals surface area contributed by atoms with Gasteiger partial charge in [-0.15, -0.1) is 0 Å². The Balaban J connectivity index is 2.33. The number of carbonyl (C=O) groups excluding carboxylic acids is 1. The van der Waals surface area contributed by atoms with E-state index in [4.69, 9.17) is 23.2 Å². The molecule has 6 heteroatoms. The van der Waals surface area contributed by atoms with Gasteiger partial charge >= 0.3 is 4.87 Å². The molecule has 0 bridgehead atoms. The highest BCUT2D eigenvalue weighted by Gasteiger charge is 2.14. The van der Waals surface area contributed by atoms with Crippen molar-refractivity contribution in [1.82, 2.24) is 4.57 Å². The van der Waals surface area contributed by atoms with Crippen LogP contribution in [0.4, 0.5) is 0 Å². The van der Waals surface area contributed by atoms with Gasteiger partial charge in [0.05, 0.1) is 11.6 Å². The summed E-state index contributed by atoms with van der Waals surface area (Å²) in [7, 11) is 0. The maximum Gasteiger partial charge on any atom is 0.307 e. The number of hydrogen-bond donors (Lipinski definition) is 0. The van der Waals surface area contributed by atoms with Crippen LogP contribution in [0, 0.1) is 6.92 Å². The predicted octanol–water partition coefficient (Wildman–Crippen LogP) is 3.41. The van der Waals surface area contributed by atoms with Crippen LogP contribution in [0.2, 0.25) is 10.0 Å². The quantitative estimate of drug-likeness (QED) is 0.815. The maximum absolute atomic E-state index is 12.1. The Labute approximate surface area is 118 Å². The van der Waals surface area contributed by atoms with Crippen molar-refractivity contribution in [1.29, 1.82) is 0 Å². The molecule has 1 heterocycles. The average Bonchev–Trinajstić information content (AvgIpc) is 2.64. The molecular formula is C12H9Cl2NO2S.